The lowest BCUT2D eigenvalue weighted by Gasteiger charge is -2.28. The van der Waals surface area contributed by atoms with E-state index in [1.54, 1.807) is 0 Å². The predicted octanol–water partition coefficient (Wildman–Crippen LogP) is 3.97. The van der Waals surface area contributed by atoms with Gasteiger partial charge < -0.3 is 4.74 Å². The third kappa shape index (κ3) is 4.12. The number of hydrogen-bond donors (Lipinski definition) is 0. The molecule has 1 aromatic carbocycles. The van der Waals surface area contributed by atoms with Gasteiger partial charge in [-0.3, -0.25) is 0 Å². The zero-order valence-electron chi connectivity index (χ0n) is 11.3. The maximum Gasteiger partial charge on any atom is 0.150 e. The molecule has 0 bridgehead atoms. The predicted molar refractivity (Wildman–Crippen MR) is 85.6 cm³/mol. The van der Waals surface area contributed by atoms with Crippen molar-refractivity contribution in [2.45, 2.75) is 42.4 Å². The normalized spacial score (nSPS) is 23.6. The average molecular weight is 382 g/mol. The fourth-order valence-electron chi connectivity index (χ4n) is 2.50. The van der Waals surface area contributed by atoms with Gasteiger partial charge in [0.2, 0.25) is 0 Å². The second-order valence-corrected chi connectivity index (χ2v) is 8.55. The Labute approximate surface area is 133 Å². The standard InChI is InChI=1S/C14H18BrClO3S/c1-20(17,18)12-4-2-3-11(8-12)19-14-6-5-10(9-15)7-13(14)16/h5-7,11-12H,2-4,8-9H2,1H3. The van der Waals surface area contributed by atoms with Crippen LogP contribution in [0.1, 0.15) is 31.2 Å². The van der Waals surface area contributed by atoms with Crippen LogP contribution in [0.15, 0.2) is 18.2 Å². The second-order valence-electron chi connectivity index (χ2n) is 5.26. The molecule has 1 fully saturated rings. The van der Waals surface area contributed by atoms with Gasteiger partial charge in [0.05, 0.1) is 10.3 Å². The lowest BCUT2D eigenvalue weighted by molar-refractivity contribution is 0.156. The van der Waals surface area contributed by atoms with Crippen LogP contribution >= 0.6 is 27.5 Å². The number of rotatable bonds is 4. The van der Waals surface area contributed by atoms with Gasteiger partial charge >= 0.3 is 0 Å². The summed E-state index contributed by atoms with van der Waals surface area (Å²) in [5, 5.41) is 1.03. The molecule has 112 valence electrons. The van der Waals surface area contributed by atoms with Crippen molar-refractivity contribution in [3.63, 3.8) is 0 Å². The third-order valence-electron chi connectivity index (χ3n) is 3.63. The minimum Gasteiger partial charge on any atom is -0.489 e. The first-order chi connectivity index (χ1) is 9.40. The van der Waals surface area contributed by atoms with Crippen molar-refractivity contribution in [3.05, 3.63) is 28.8 Å². The van der Waals surface area contributed by atoms with E-state index in [4.69, 9.17) is 16.3 Å². The Balaban J connectivity index is 2.06. The summed E-state index contributed by atoms with van der Waals surface area (Å²) in [6.45, 7) is 0. The number of halogens is 2. The van der Waals surface area contributed by atoms with Crippen molar-refractivity contribution in [2.75, 3.05) is 6.26 Å². The summed E-state index contributed by atoms with van der Waals surface area (Å²) in [5.41, 5.74) is 1.08. The first kappa shape index (κ1) is 16.1. The summed E-state index contributed by atoms with van der Waals surface area (Å²) in [6, 6.07) is 5.67. The molecule has 2 rings (SSSR count). The number of benzene rings is 1. The Kier molecular flexibility index (Phi) is 5.37. The van der Waals surface area contributed by atoms with E-state index < -0.39 is 9.84 Å². The minimum absolute atomic E-state index is 0.0733. The largest absolute Gasteiger partial charge is 0.489 e. The zero-order valence-corrected chi connectivity index (χ0v) is 14.5. The van der Waals surface area contributed by atoms with E-state index in [9.17, 15) is 8.42 Å². The molecule has 1 aromatic rings. The first-order valence-electron chi connectivity index (χ1n) is 6.60. The monoisotopic (exact) mass is 380 g/mol. The lowest BCUT2D eigenvalue weighted by atomic mass is 9.97. The molecule has 0 amide bonds. The van der Waals surface area contributed by atoms with E-state index in [1.165, 1.54) is 6.26 Å². The fourth-order valence-corrected chi connectivity index (χ4v) is 4.26. The van der Waals surface area contributed by atoms with E-state index in [2.05, 4.69) is 15.9 Å². The third-order valence-corrected chi connectivity index (χ3v) is 6.21. The molecule has 6 heteroatoms. The average Bonchev–Trinajstić information content (AvgIpc) is 2.40. The van der Waals surface area contributed by atoms with Crippen LogP contribution in [0, 0.1) is 0 Å². The van der Waals surface area contributed by atoms with Gasteiger partial charge in [0.25, 0.3) is 0 Å². The number of alkyl halides is 1. The molecule has 20 heavy (non-hydrogen) atoms. The van der Waals surface area contributed by atoms with Gasteiger partial charge in [0.1, 0.15) is 21.7 Å². The smallest absolute Gasteiger partial charge is 0.150 e. The van der Waals surface area contributed by atoms with E-state index in [-0.39, 0.29) is 11.4 Å². The van der Waals surface area contributed by atoms with Crippen molar-refractivity contribution < 1.29 is 13.2 Å². The molecule has 2 unspecified atom stereocenters. The Morgan fingerprint density at radius 1 is 1.40 bits per heavy atom. The van der Waals surface area contributed by atoms with Crippen LogP contribution in [0.5, 0.6) is 5.75 Å². The second kappa shape index (κ2) is 6.67. The van der Waals surface area contributed by atoms with Gasteiger partial charge in [-0.05, 0) is 37.0 Å². The van der Waals surface area contributed by atoms with E-state index in [0.717, 1.165) is 30.2 Å². The van der Waals surface area contributed by atoms with Gasteiger partial charge in [-0.2, -0.15) is 0 Å². The molecule has 0 N–H and O–H groups in total. The topological polar surface area (TPSA) is 43.4 Å². The molecule has 0 radical (unpaired) electrons. The summed E-state index contributed by atoms with van der Waals surface area (Å²) < 4.78 is 29.2. The van der Waals surface area contributed by atoms with E-state index >= 15 is 0 Å². The molecule has 1 aliphatic carbocycles. The molecule has 0 spiro atoms. The molecule has 0 saturated heterocycles. The van der Waals surface area contributed by atoms with Gasteiger partial charge in [-0.25, -0.2) is 8.42 Å². The maximum atomic E-state index is 11.6. The number of sulfone groups is 1. The fraction of sp³-hybridized carbons (Fsp3) is 0.571. The molecule has 0 heterocycles. The molecule has 1 aliphatic rings. The summed E-state index contributed by atoms with van der Waals surface area (Å²) in [4.78, 5) is 0. The van der Waals surface area contributed by atoms with Crippen molar-refractivity contribution in [3.8, 4) is 5.75 Å². The minimum atomic E-state index is -2.99. The molecule has 0 aromatic heterocycles. The molecular formula is C14H18BrClO3S. The van der Waals surface area contributed by atoms with Gasteiger partial charge in [-0.1, -0.05) is 33.6 Å². The Morgan fingerprint density at radius 2 is 2.15 bits per heavy atom. The highest BCUT2D eigenvalue weighted by atomic mass is 79.9. The summed E-state index contributed by atoms with van der Waals surface area (Å²) in [7, 11) is -2.99. The van der Waals surface area contributed by atoms with Crippen molar-refractivity contribution >= 4 is 37.4 Å². The van der Waals surface area contributed by atoms with Crippen LogP contribution in [0.3, 0.4) is 0 Å². The molecule has 1 saturated carbocycles. The summed E-state index contributed by atoms with van der Waals surface area (Å²) in [5.74, 6) is 0.635. The summed E-state index contributed by atoms with van der Waals surface area (Å²) >= 11 is 9.57. The zero-order chi connectivity index (χ0) is 14.8. The highest BCUT2D eigenvalue weighted by molar-refractivity contribution is 9.08. The first-order valence-corrected chi connectivity index (χ1v) is 10.1. The van der Waals surface area contributed by atoms with Crippen LogP contribution in [-0.2, 0) is 15.2 Å². The van der Waals surface area contributed by atoms with Crippen molar-refractivity contribution in [2.24, 2.45) is 0 Å². The van der Waals surface area contributed by atoms with E-state index in [1.807, 2.05) is 18.2 Å². The highest BCUT2D eigenvalue weighted by Crippen LogP contribution is 2.32. The Bertz CT molecular complexity index is 574. The van der Waals surface area contributed by atoms with Gasteiger partial charge in [-0.15, -0.1) is 0 Å². The van der Waals surface area contributed by atoms with Crippen LogP contribution in [0.4, 0.5) is 0 Å². The Morgan fingerprint density at radius 3 is 2.75 bits per heavy atom. The van der Waals surface area contributed by atoms with Crippen LogP contribution in [0.2, 0.25) is 5.02 Å². The van der Waals surface area contributed by atoms with Gasteiger partial charge in [0.15, 0.2) is 0 Å². The maximum absolute atomic E-state index is 11.6. The molecule has 3 nitrogen and oxygen atoms in total. The van der Waals surface area contributed by atoms with Crippen LogP contribution in [-0.4, -0.2) is 26.0 Å². The SMILES string of the molecule is CS(=O)(=O)C1CCCC(Oc2ccc(CBr)cc2Cl)C1. The van der Waals surface area contributed by atoms with Crippen molar-refractivity contribution in [1.29, 1.82) is 0 Å². The van der Waals surface area contributed by atoms with E-state index in [0.29, 0.717) is 17.2 Å². The number of ether oxygens (including phenoxy) is 1. The van der Waals surface area contributed by atoms with Crippen LogP contribution < -0.4 is 4.74 Å². The quantitative estimate of drug-likeness (QED) is 0.741. The van der Waals surface area contributed by atoms with Gasteiger partial charge in [0, 0.05) is 18.0 Å². The Hall–Kier alpha value is -0.260. The molecular weight excluding hydrogens is 364 g/mol. The highest BCUT2D eigenvalue weighted by Gasteiger charge is 2.30. The molecule has 2 atom stereocenters. The van der Waals surface area contributed by atoms with Crippen molar-refractivity contribution in [1.82, 2.24) is 0 Å². The molecule has 0 aliphatic heterocycles. The van der Waals surface area contributed by atoms with Crippen LogP contribution in [0.25, 0.3) is 0 Å². The number of hydrogen-bond acceptors (Lipinski definition) is 3. The summed E-state index contributed by atoms with van der Waals surface area (Å²) in [6.07, 6.45) is 4.26. The lowest BCUT2D eigenvalue weighted by Crippen LogP contribution is -2.33.